The summed E-state index contributed by atoms with van der Waals surface area (Å²) in [5.74, 6) is -3.00. The second-order valence-electron chi connectivity index (χ2n) is 6.26. The first-order valence-electron chi connectivity index (χ1n) is 6.92. The lowest BCUT2D eigenvalue weighted by Gasteiger charge is -2.31. The summed E-state index contributed by atoms with van der Waals surface area (Å²) in [4.78, 5) is 35.9. The molecule has 0 spiro atoms. The van der Waals surface area contributed by atoms with Gasteiger partial charge in [-0.25, -0.2) is 4.79 Å². The number of rotatable bonds is 5. The van der Waals surface area contributed by atoms with E-state index in [1.807, 2.05) is 0 Å². The normalized spacial score (nSPS) is 12.5. The summed E-state index contributed by atoms with van der Waals surface area (Å²) in [5, 5.41) is 18.0. The molecule has 0 bridgehead atoms. The van der Waals surface area contributed by atoms with Gasteiger partial charge in [0.05, 0.1) is 11.5 Å². The van der Waals surface area contributed by atoms with Gasteiger partial charge in [-0.1, -0.05) is 27.7 Å². The maximum absolute atomic E-state index is 12.6. The van der Waals surface area contributed by atoms with Gasteiger partial charge in [0.25, 0.3) is 0 Å². The Hall–Kier alpha value is -2.37. The van der Waals surface area contributed by atoms with Crippen LogP contribution in [0, 0.1) is 11.3 Å². The Balaban J connectivity index is 3.16. The second kappa shape index (κ2) is 6.60. The van der Waals surface area contributed by atoms with E-state index in [0.717, 1.165) is 0 Å². The minimum atomic E-state index is -1.06. The Morgan fingerprint density at radius 2 is 1.59 bits per heavy atom. The lowest BCUT2D eigenvalue weighted by atomic mass is 9.93. The molecule has 0 aromatic heterocycles. The molecule has 6 nitrogen and oxygen atoms in total. The van der Waals surface area contributed by atoms with Crippen LogP contribution in [-0.4, -0.2) is 34.6 Å². The standard InChI is InChI=1S/C16H21NO5/c1-10(13(18)19)9-17(15(22)16(2,3)4)12-7-5-11(6-8-12)14(20)21/h5-8,10H,9H2,1-4H3,(H,18,19)(H,20,21). The molecule has 0 saturated heterocycles. The van der Waals surface area contributed by atoms with E-state index in [4.69, 9.17) is 10.2 Å². The number of hydrogen-bond acceptors (Lipinski definition) is 3. The van der Waals surface area contributed by atoms with Crippen LogP contribution in [0.2, 0.25) is 0 Å². The number of carbonyl (C=O) groups is 3. The fourth-order valence-electron chi connectivity index (χ4n) is 1.85. The monoisotopic (exact) mass is 307 g/mol. The number of carboxylic acid groups (broad SMARTS) is 2. The Morgan fingerprint density at radius 1 is 1.09 bits per heavy atom. The van der Waals surface area contributed by atoms with E-state index in [9.17, 15) is 14.4 Å². The molecule has 1 aromatic rings. The predicted octanol–water partition coefficient (Wildman–Crippen LogP) is 2.48. The number of aromatic carboxylic acids is 1. The van der Waals surface area contributed by atoms with Crippen LogP contribution in [0.25, 0.3) is 0 Å². The van der Waals surface area contributed by atoms with Crippen molar-refractivity contribution in [2.75, 3.05) is 11.4 Å². The molecule has 0 heterocycles. The molecule has 1 unspecified atom stereocenters. The molecule has 0 aliphatic rings. The van der Waals surface area contributed by atoms with Crippen LogP contribution in [0.15, 0.2) is 24.3 Å². The van der Waals surface area contributed by atoms with Crippen LogP contribution in [0.4, 0.5) is 5.69 Å². The molecule has 22 heavy (non-hydrogen) atoms. The fourth-order valence-corrected chi connectivity index (χ4v) is 1.85. The maximum Gasteiger partial charge on any atom is 0.335 e. The Labute approximate surface area is 129 Å². The summed E-state index contributed by atoms with van der Waals surface area (Å²) >= 11 is 0. The smallest absolute Gasteiger partial charge is 0.335 e. The third-order valence-electron chi connectivity index (χ3n) is 3.19. The van der Waals surface area contributed by atoms with E-state index in [1.54, 1.807) is 20.8 Å². The van der Waals surface area contributed by atoms with Gasteiger partial charge in [0.2, 0.25) is 5.91 Å². The van der Waals surface area contributed by atoms with Crippen molar-refractivity contribution < 1.29 is 24.6 Å². The number of anilines is 1. The first-order chi connectivity index (χ1) is 10.0. The van der Waals surface area contributed by atoms with Crippen molar-refractivity contribution in [2.45, 2.75) is 27.7 Å². The van der Waals surface area contributed by atoms with E-state index in [1.165, 1.54) is 36.1 Å². The molecule has 6 heteroatoms. The van der Waals surface area contributed by atoms with E-state index >= 15 is 0 Å². The SMILES string of the molecule is CC(CN(C(=O)C(C)(C)C)c1ccc(C(=O)O)cc1)C(=O)O. The largest absolute Gasteiger partial charge is 0.481 e. The van der Waals surface area contributed by atoms with E-state index in [0.29, 0.717) is 5.69 Å². The van der Waals surface area contributed by atoms with Gasteiger partial charge in [-0.05, 0) is 24.3 Å². The van der Waals surface area contributed by atoms with Gasteiger partial charge < -0.3 is 15.1 Å². The van der Waals surface area contributed by atoms with E-state index in [2.05, 4.69) is 0 Å². The molecule has 120 valence electrons. The molecular weight excluding hydrogens is 286 g/mol. The average Bonchev–Trinajstić information content (AvgIpc) is 2.42. The quantitative estimate of drug-likeness (QED) is 0.871. The average molecular weight is 307 g/mol. The minimum absolute atomic E-state index is 0.0256. The minimum Gasteiger partial charge on any atom is -0.481 e. The summed E-state index contributed by atoms with van der Waals surface area (Å²) < 4.78 is 0. The molecule has 0 radical (unpaired) electrons. The van der Waals surface area contributed by atoms with Crippen LogP contribution in [0.1, 0.15) is 38.1 Å². The Morgan fingerprint density at radius 3 is 1.95 bits per heavy atom. The summed E-state index contributed by atoms with van der Waals surface area (Å²) in [6, 6.07) is 5.82. The number of benzene rings is 1. The van der Waals surface area contributed by atoms with Crippen LogP contribution in [0.5, 0.6) is 0 Å². The van der Waals surface area contributed by atoms with Crippen LogP contribution in [-0.2, 0) is 9.59 Å². The molecule has 0 aliphatic heterocycles. The van der Waals surface area contributed by atoms with Gasteiger partial charge in [0, 0.05) is 17.6 Å². The molecule has 0 fully saturated rings. The first kappa shape index (κ1) is 17.7. The maximum atomic E-state index is 12.6. The molecular formula is C16H21NO5. The summed E-state index contributed by atoms with van der Waals surface area (Å²) in [7, 11) is 0. The van der Waals surface area contributed by atoms with E-state index in [-0.39, 0.29) is 18.0 Å². The number of amides is 1. The zero-order chi connectivity index (χ0) is 17.1. The number of nitrogens with zero attached hydrogens (tertiary/aromatic N) is 1. The van der Waals surface area contributed by atoms with Crippen molar-refractivity contribution in [1.29, 1.82) is 0 Å². The van der Waals surface area contributed by atoms with Crippen LogP contribution < -0.4 is 4.90 Å². The van der Waals surface area contributed by atoms with Crippen LogP contribution >= 0.6 is 0 Å². The molecule has 0 saturated carbocycles. The fraction of sp³-hybridized carbons (Fsp3) is 0.438. The third kappa shape index (κ3) is 4.31. The van der Waals surface area contributed by atoms with E-state index < -0.39 is 23.3 Å². The summed E-state index contributed by atoms with van der Waals surface area (Å²) in [6.07, 6.45) is 0. The molecule has 1 aromatic carbocycles. The molecule has 2 N–H and O–H groups in total. The van der Waals surface area contributed by atoms with Gasteiger partial charge in [0.15, 0.2) is 0 Å². The van der Waals surface area contributed by atoms with Crippen molar-refractivity contribution in [1.82, 2.24) is 0 Å². The lowest BCUT2D eigenvalue weighted by molar-refractivity contribution is -0.140. The number of carboxylic acids is 2. The highest BCUT2D eigenvalue weighted by Gasteiger charge is 2.30. The van der Waals surface area contributed by atoms with Gasteiger partial charge in [-0.2, -0.15) is 0 Å². The Kier molecular flexibility index (Phi) is 5.30. The number of aliphatic carboxylic acids is 1. The summed E-state index contributed by atoms with van der Waals surface area (Å²) in [5.41, 5.74) is -0.0832. The van der Waals surface area contributed by atoms with Crippen LogP contribution in [0.3, 0.4) is 0 Å². The van der Waals surface area contributed by atoms with Gasteiger partial charge in [-0.15, -0.1) is 0 Å². The zero-order valence-corrected chi connectivity index (χ0v) is 13.2. The highest BCUT2D eigenvalue weighted by atomic mass is 16.4. The highest BCUT2D eigenvalue weighted by molar-refractivity contribution is 5.98. The Bertz CT molecular complexity index is 571. The van der Waals surface area contributed by atoms with Crippen molar-refractivity contribution in [3.63, 3.8) is 0 Å². The van der Waals surface area contributed by atoms with Gasteiger partial charge in [0.1, 0.15) is 0 Å². The van der Waals surface area contributed by atoms with Crippen molar-refractivity contribution >= 4 is 23.5 Å². The lowest BCUT2D eigenvalue weighted by Crippen LogP contribution is -2.43. The predicted molar refractivity (Wildman–Crippen MR) is 82.0 cm³/mol. The van der Waals surface area contributed by atoms with Gasteiger partial charge in [-0.3, -0.25) is 9.59 Å². The van der Waals surface area contributed by atoms with Crippen molar-refractivity contribution in [3.05, 3.63) is 29.8 Å². The highest BCUT2D eigenvalue weighted by Crippen LogP contribution is 2.25. The number of carbonyl (C=O) groups excluding carboxylic acids is 1. The third-order valence-corrected chi connectivity index (χ3v) is 3.19. The topological polar surface area (TPSA) is 94.9 Å². The summed E-state index contributed by atoms with van der Waals surface area (Å²) in [6.45, 7) is 6.80. The zero-order valence-electron chi connectivity index (χ0n) is 13.2. The second-order valence-corrected chi connectivity index (χ2v) is 6.26. The van der Waals surface area contributed by atoms with Crippen molar-refractivity contribution in [2.24, 2.45) is 11.3 Å². The molecule has 1 amide bonds. The van der Waals surface area contributed by atoms with Gasteiger partial charge >= 0.3 is 11.9 Å². The number of hydrogen-bond donors (Lipinski definition) is 2. The van der Waals surface area contributed by atoms with Crippen molar-refractivity contribution in [3.8, 4) is 0 Å². The molecule has 1 atom stereocenters. The molecule has 1 rings (SSSR count). The molecule has 0 aliphatic carbocycles. The first-order valence-corrected chi connectivity index (χ1v) is 6.92.